The molecule has 1 aliphatic rings. The number of aliphatic carboxylic acids is 1. The van der Waals surface area contributed by atoms with Crippen molar-refractivity contribution < 1.29 is 14.7 Å². The van der Waals surface area contributed by atoms with Gasteiger partial charge in [-0.25, -0.2) is 0 Å². The van der Waals surface area contributed by atoms with Gasteiger partial charge >= 0.3 is 5.97 Å². The normalized spacial score (nSPS) is 19.4. The summed E-state index contributed by atoms with van der Waals surface area (Å²) in [6, 6.07) is 1.54. The number of carboxylic acids is 1. The van der Waals surface area contributed by atoms with Gasteiger partial charge in [0.05, 0.1) is 16.5 Å². The molecule has 90 valence electrons. The second-order valence-electron chi connectivity index (χ2n) is 3.93. The second-order valence-corrected chi connectivity index (χ2v) is 4.34. The lowest BCUT2D eigenvalue weighted by atomic mass is 10.1. The van der Waals surface area contributed by atoms with Gasteiger partial charge in [-0.05, 0) is 12.5 Å². The number of carbonyl (C=O) groups is 2. The van der Waals surface area contributed by atoms with Crippen molar-refractivity contribution in [2.75, 3.05) is 13.1 Å². The van der Waals surface area contributed by atoms with Crippen LogP contribution < -0.4 is 0 Å². The Morgan fingerprint density at radius 2 is 2.29 bits per heavy atom. The number of hydrogen-bond donors (Lipinski definition) is 1. The van der Waals surface area contributed by atoms with Gasteiger partial charge in [0.1, 0.15) is 0 Å². The summed E-state index contributed by atoms with van der Waals surface area (Å²) in [7, 11) is 0. The monoisotopic (exact) mass is 254 g/mol. The molecule has 1 aromatic rings. The smallest absolute Gasteiger partial charge is 0.308 e. The van der Waals surface area contributed by atoms with Crippen molar-refractivity contribution in [2.45, 2.75) is 6.42 Å². The minimum atomic E-state index is -0.860. The Morgan fingerprint density at radius 3 is 2.88 bits per heavy atom. The van der Waals surface area contributed by atoms with Crippen LogP contribution in [0.15, 0.2) is 18.5 Å². The van der Waals surface area contributed by atoms with Crippen molar-refractivity contribution in [1.29, 1.82) is 0 Å². The first-order chi connectivity index (χ1) is 8.09. The van der Waals surface area contributed by atoms with Gasteiger partial charge < -0.3 is 10.0 Å². The number of nitrogens with zero attached hydrogens (tertiary/aromatic N) is 2. The SMILES string of the molecule is O=C(O)[C@H]1CCN(C(=O)c2ccncc2Cl)C1. The summed E-state index contributed by atoms with van der Waals surface area (Å²) < 4.78 is 0. The van der Waals surface area contributed by atoms with Crippen molar-refractivity contribution in [2.24, 2.45) is 5.92 Å². The van der Waals surface area contributed by atoms with Crippen LogP contribution in [0.1, 0.15) is 16.8 Å². The zero-order valence-electron chi connectivity index (χ0n) is 8.97. The average Bonchev–Trinajstić information content (AvgIpc) is 2.78. The molecule has 0 aromatic carbocycles. The van der Waals surface area contributed by atoms with Gasteiger partial charge in [-0.3, -0.25) is 14.6 Å². The van der Waals surface area contributed by atoms with E-state index >= 15 is 0 Å². The van der Waals surface area contributed by atoms with Crippen LogP contribution in [-0.2, 0) is 4.79 Å². The number of halogens is 1. The molecule has 0 radical (unpaired) electrons. The molecule has 0 aliphatic carbocycles. The van der Waals surface area contributed by atoms with Crippen LogP contribution in [0.2, 0.25) is 5.02 Å². The highest BCUT2D eigenvalue weighted by Crippen LogP contribution is 2.21. The van der Waals surface area contributed by atoms with Crippen LogP contribution in [-0.4, -0.2) is 40.0 Å². The number of likely N-dealkylation sites (tertiary alicyclic amines) is 1. The highest BCUT2D eigenvalue weighted by atomic mass is 35.5. The van der Waals surface area contributed by atoms with Gasteiger partial charge in [0, 0.05) is 25.5 Å². The van der Waals surface area contributed by atoms with Crippen LogP contribution in [0.5, 0.6) is 0 Å². The summed E-state index contributed by atoms with van der Waals surface area (Å²) in [5, 5.41) is 9.15. The lowest BCUT2D eigenvalue weighted by Gasteiger charge is -2.16. The molecule has 1 amide bonds. The van der Waals surface area contributed by atoms with E-state index < -0.39 is 11.9 Å². The summed E-state index contributed by atoms with van der Waals surface area (Å²) in [5.74, 6) is -1.57. The van der Waals surface area contributed by atoms with Crippen LogP contribution >= 0.6 is 11.6 Å². The van der Waals surface area contributed by atoms with E-state index in [4.69, 9.17) is 16.7 Å². The highest BCUT2D eigenvalue weighted by molar-refractivity contribution is 6.33. The molecular weight excluding hydrogens is 244 g/mol. The first kappa shape index (κ1) is 11.9. The third-order valence-corrected chi connectivity index (χ3v) is 3.13. The first-order valence-electron chi connectivity index (χ1n) is 5.21. The molecule has 1 atom stereocenters. The van der Waals surface area contributed by atoms with Gasteiger partial charge in [-0.2, -0.15) is 0 Å². The maximum atomic E-state index is 12.1. The largest absolute Gasteiger partial charge is 0.481 e. The average molecular weight is 255 g/mol. The summed E-state index contributed by atoms with van der Waals surface area (Å²) in [6.45, 7) is 0.696. The third kappa shape index (κ3) is 2.39. The number of amides is 1. The molecule has 0 unspecified atom stereocenters. The molecule has 2 heterocycles. The van der Waals surface area contributed by atoms with Crippen LogP contribution in [0, 0.1) is 5.92 Å². The van der Waals surface area contributed by atoms with Crippen molar-refractivity contribution in [3.63, 3.8) is 0 Å². The first-order valence-corrected chi connectivity index (χ1v) is 5.59. The molecule has 2 rings (SSSR count). The van der Waals surface area contributed by atoms with Crippen LogP contribution in [0.4, 0.5) is 0 Å². The fourth-order valence-corrected chi connectivity index (χ4v) is 2.07. The van der Waals surface area contributed by atoms with Gasteiger partial charge in [0.25, 0.3) is 5.91 Å². The number of pyridine rings is 1. The van der Waals surface area contributed by atoms with Crippen molar-refractivity contribution in [3.8, 4) is 0 Å². The summed E-state index contributed by atoms with van der Waals surface area (Å²) in [6.07, 6.45) is 3.38. The van der Waals surface area contributed by atoms with E-state index in [9.17, 15) is 9.59 Å². The minimum Gasteiger partial charge on any atom is -0.481 e. The van der Waals surface area contributed by atoms with Gasteiger partial charge in [0.2, 0.25) is 0 Å². The van der Waals surface area contributed by atoms with E-state index in [1.165, 1.54) is 17.3 Å². The van der Waals surface area contributed by atoms with E-state index in [2.05, 4.69) is 4.98 Å². The van der Waals surface area contributed by atoms with E-state index in [0.29, 0.717) is 18.5 Å². The van der Waals surface area contributed by atoms with E-state index in [0.717, 1.165) is 0 Å². The fraction of sp³-hybridized carbons (Fsp3) is 0.364. The molecule has 1 aromatic heterocycles. The van der Waals surface area contributed by atoms with Crippen LogP contribution in [0.25, 0.3) is 0 Å². The van der Waals surface area contributed by atoms with E-state index in [-0.39, 0.29) is 17.5 Å². The summed E-state index contributed by atoms with van der Waals surface area (Å²) in [4.78, 5) is 28.2. The molecule has 1 saturated heterocycles. The summed E-state index contributed by atoms with van der Waals surface area (Å²) in [5.41, 5.74) is 0.368. The molecule has 0 spiro atoms. The fourth-order valence-electron chi connectivity index (χ4n) is 1.87. The lowest BCUT2D eigenvalue weighted by molar-refractivity contribution is -0.141. The Morgan fingerprint density at radius 1 is 1.53 bits per heavy atom. The quantitative estimate of drug-likeness (QED) is 0.863. The van der Waals surface area contributed by atoms with Crippen molar-refractivity contribution >= 4 is 23.5 Å². The number of aromatic nitrogens is 1. The molecule has 6 heteroatoms. The molecule has 0 bridgehead atoms. The Kier molecular flexibility index (Phi) is 3.28. The lowest BCUT2D eigenvalue weighted by Crippen LogP contribution is -2.30. The van der Waals surface area contributed by atoms with Gasteiger partial charge in [-0.1, -0.05) is 11.6 Å². The molecular formula is C11H11ClN2O3. The molecule has 17 heavy (non-hydrogen) atoms. The Hall–Kier alpha value is -1.62. The maximum absolute atomic E-state index is 12.1. The highest BCUT2D eigenvalue weighted by Gasteiger charge is 2.31. The van der Waals surface area contributed by atoms with Gasteiger partial charge in [-0.15, -0.1) is 0 Å². The van der Waals surface area contributed by atoms with Gasteiger partial charge in [0.15, 0.2) is 0 Å². The number of hydrogen-bond acceptors (Lipinski definition) is 3. The molecule has 1 N–H and O–H groups in total. The Bertz CT molecular complexity index is 464. The van der Waals surface area contributed by atoms with Crippen molar-refractivity contribution in [1.82, 2.24) is 9.88 Å². The van der Waals surface area contributed by atoms with E-state index in [1.54, 1.807) is 6.07 Å². The molecule has 5 nitrogen and oxygen atoms in total. The second kappa shape index (κ2) is 4.71. The number of carbonyl (C=O) groups excluding carboxylic acids is 1. The molecule has 1 aliphatic heterocycles. The number of carboxylic acid groups (broad SMARTS) is 1. The number of rotatable bonds is 2. The standard InChI is InChI=1S/C11H11ClN2O3/c12-9-5-13-3-1-8(9)10(15)14-4-2-7(6-14)11(16)17/h1,3,5,7H,2,4,6H2,(H,16,17)/t7-/m0/s1. The van der Waals surface area contributed by atoms with Crippen LogP contribution in [0.3, 0.4) is 0 Å². The minimum absolute atomic E-state index is 0.235. The zero-order chi connectivity index (χ0) is 12.4. The molecule has 0 saturated carbocycles. The predicted molar refractivity (Wildman–Crippen MR) is 60.9 cm³/mol. The predicted octanol–water partition coefficient (Wildman–Crippen LogP) is 1.28. The zero-order valence-corrected chi connectivity index (χ0v) is 9.72. The topological polar surface area (TPSA) is 70.5 Å². The van der Waals surface area contributed by atoms with Crippen molar-refractivity contribution in [3.05, 3.63) is 29.0 Å². The molecule has 1 fully saturated rings. The maximum Gasteiger partial charge on any atom is 0.308 e. The Labute approximate surface area is 103 Å². The van der Waals surface area contributed by atoms with E-state index in [1.807, 2.05) is 0 Å². The third-order valence-electron chi connectivity index (χ3n) is 2.83. The Balaban J connectivity index is 2.13. The summed E-state index contributed by atoms with van der Waals surface area (Å²) >= 11 is 5.87.